The maximum Gasteiger partial charge on any atom is 0.422 e. The molecule has 0 bridgehead atoms. The Kier molecular flexibility index (Phi) is 8.44. The number of rotatable bonds is 9. The van der Waals surface area contributed by atoms with Gasteiger partial charge in [0.25, 0.3) is 0 Å². The van der Waals surface area contributed by atoms with Gasteiger partial charge in [0, 0.05) is 0 Å². The van der Waals surface area contributed by atoms with E-state index >= 15 is 0 Å². The number of ether oxygens (including phenoxy) is 2. The van der Waals surface area contributed by atoms with Crippen molar-refractivity contribution in [3.8, 4) is 11.5 Å². The van der Waals surface area contributed by atoms with Crippen molar-refractivity contribution in [2.24, 2.45) is 11.8 Å². The Hall–Kier alpha value is -1.46. The zero-order valence-electron chi connectivity index (χ0n) is 17.1. The normalized spacial score (nSPS) is 20.2. The lowest BCUT2D eigenvalue weighted by molar-refractivity contribution is -0.141. The molecule has 0 saturated heterocycles. The van der Waals surface area contributed by atoms with Crippen LogP contribution >= 0.6 is 0 Å². The van der Waals surface area contributed by atoms with Crippen molar-refractivity contribution >= 4 is 0 Å². The van der Waals surface area contributed by atoms with Crippen LogP contribution in [0.3, 0.4) is 0 Å². The molecule has 0 unspecified atom stereocenters. The van der Waals surface area contributed by atoms with E-state index in [4.69, 9.17) is 9.47 Å². The van der Waals surface area contributed by atoms with Crippen molar-refractivity contribution in [1.82, 2.24) is 0 Å². The summed E-state index contributed by atoms with van der Waals surface area (Å²) in [5, 5.41) is 0. The first kappa shape index (κ1) is 22.8. The highest BCUT2D eigenvalue weighted by Gasteiger charge is 2.40. The number of aryl methyl sites for hydroxylation is 1. The van der Waals surface area contributed by atoms with Gasteiger partial charge in [0.2, 0.25) is 0 Å². The summed E-state index contributed by atoms with van der Waals surface area (Å²) in [5.74, 6) is -1.24. The topological polar surface area (TPSA) is 18.5 Å². The van der Waals surface area contributed by atoms with Crippen molar-refractivity contribution in [2.45, 2.75) is 78.3 Å². The van der Waals surface area contributed by atoms with Gasteiger partial charge in [-0.2, -0.15) is 13.2 Å². The molecule has 28 heavy (non-hydrogen) atoms. The van der Waals surface area contributed by atoms with Crippen molar-refractivity contribution in [2.75, 3.05) is 13.2 Å². The summed E-state index contributed by atoms with van der Waals surface area (Å²) < 4.78 is 65.5. The van der Waals surface area contributed by atoms with Gasteiger partial charge in [-0.15, -0.1) is 0 Å². The van der Waals surface area contributed by atoms with Gasteiger partial charge in [-0.05, 0) is 50.2 Å². The molecule has 0 aromatic heterocycles. The maximum absolute atomic E-state index is 14.4. The molecule has 0 radical (unpaired) electrons. The van der Waals surface area contributed by atoms with Gasteiger partial charge in [-0.1, -0.05) is 45.4 Å². The standard InChI is InChI=1S/C22H32F4O2/c1-4-6-7-8-16-9-11-17(12-10-16)14-28-21-15(3)13-18(27-5-2)20(23)19(21)22(24,25)26/h13,16-17H,4-12,14H2,1-3H3. The van der Waals surface area contributed by atoms with Crippen LogP contribution in [0.2, 0.25) is 0 Å². The number of benzene rings is 1. The zero-order valence-corrected chi connectivity index (χ0v) is 17.1. The molecule has 1 fully saturated rings. The van der Waals surface area contributed by atoms with E-state index in [0.29, 0.717) is 0 Å². The van der Waals surface area contributed by atoms with Gasteiger partial charge in [-0.3, -0.25) is 0 Å². The molecule has 6 heteroatoms. The fraction of sp³-hybridized carbons (Fsp3) is 0.727. The van der Waals surface area contributed by atoms with Gasteiger partial charge >= 0.3 is 6.18 Å². The number of hydrogen-bond acceptors (Lipinski definition) is 2. The first-order valence-electron chi connectivity index (χ1n) is 10.4. The average Bonchev–Trinajstić information content (AvgIpc) is 2.63. The first-order valence-corrected chi connectivity index (χ1v) is 10.4. The molecule has 0 N–H and O–H groups in total. The Labute approximate surface area is 165 Å². The van der Waals surface area contributed by atoms with E-state index in [1.807, 2.05) is 0 Å². The Morgan fingerprint density at radius 2 is 1.64 bits per heavy atom. The summed E-state index contributed by atoms with van der Waals surface area (Å²) in [4.78, 5) is 0. The van der Waals surface area contributed by atoms with Crippen molar-refractivity contribution in [1.29, 1.82) is 0 Å². The van der Waals surface area contributed by atoms with Gasteiger partial charge in [0.05, 0.1) is 13.2 Å². The third-order valence-electron chi connectivity index (χ3n) is 5.60. The van der Waals surface area contributed by atoms with Crippen LogP contribution in [-0.2, 0) is 6.18 Å². The largest absolute Gasteiger partial charge is 0.492 e. The van der Waals surface area contributed by atoms with Crippen LogP contribution < -0.4 is 9.47 Å². The zero-order chi connectivity index (χ0) is 20.7. The highest BCUT2D eigenvalue weighted by atomic mass is 19.4. The lowest BCUT2D eigenvalue weighted by atomic mass is 9.80. The van der Waals surface area contributed by atoms with E-state index in [-0.39, 0.29) is 30.4 Å². The summed E-state index contributed by atoms with van der Waals surface area (Å²) in [7, 11) is 0. The van der Waals surface area contributed by atoms with Crippen LogP contribution in [0.15, 0.2) is 6.07 Å². The molecular formula is C22H32F4O2. The van der Waals surface area contributed by atoms with E-state index in [1.165, 1.54) is 38.7 Å². The summed E-state index contributed by atoms with van der Waals surface area (Å²) in [6, 6.07) is 1.29. The molecule has 1 aromatic carbocycles. The molecule has 1 aliphatic rings. The van der Waals surface area contributed by atoms with E-state index in [9.17, 15) is 17.6 Å². The fourth-order valence-electron chi connectivity index (χ4n) is 4.02. The Morgan fingerprint density at radius 3 is 2.21 bits per heavy atom. The van der Waals surface area contributed by atoms with E-state index in [0.717, 1.165) is 31.6 Å². The van der Waals surface area contributed by atoms with Crippen LogP contribution in [0.5, 0.6) is 11.5 Å². The minimum Gasteiger partial charge on any atom is -0.492 e. The predicted molar refractivity (Wildman–Crippen MR) is 102 cm³/mol. The van der Waals surface area contributed by atoms with Gasteiger partial charge < -0.3 is 9.47 Å². The lowest BCUT2D eigenvalue weighted by Crippen LogP contribution is -2.22. The van der Waals surface area contributed by atoms with E-state index < -0.39 is 23.3 Å². The average molecular weight is 404 g/mol. The lowest BCUT2D eigenvalue weighted by Gasteiger charge is -2.29. The molecule has 1 aromatic rings. The molecular weight excluding hydrogens is 372 g/mol. The Bertz CT molecular complexity index is 620. The first-order chi connectivity index (χ1) is 13.3. The van der Waals surface area contributed by atoms with E-state index in [2.05, 4.69) is 6.92 Å². The quantitative estimate of drug-likeness (QED) is 0.317. The monoisotopic (exact) mass is 404 g/mol. The third kappa shape index (κ3) is 6.02. The van der Waals surface area contributed by atoms with E-state index in [1.54, 1.807) is 6.92 Å². The molecule has 2 rings (SSSR count). The Balaban J connectivity index is 2.03. The van der Waals surface area contributed by atoms with Crippen LogP contribution in [0, 0.1) is 24.6 Å². The minimum absolute atomic E-state index is 0.0926. The van der Waals surface area contributed by atoms with Gasteiger partial charge in [0.1, 0.15) is 11.3 Å². The van der Waals surface area contributed by atoms with Crippen LogP contribution in [0.4, 0.5) is 17.6 Å². The molecule has 2 nitrogen and oxygen atoms in total. The highest BCUT2D eigenvalue weighted by Crippen LogP contribution is 2.44. The summed E-state index contributed by atoms with van der Waals surface area (Å²) >= 11 is 0. The van der Waals surface area contributed by atoms with Crippen molar-refractivity contribution in [3.05, 3.63) is 23.0 Å². The van der Waals surface area contributed by atoms with Crippen LogP contribution in [0.1, 0.15) is 76.3 Å². The third-order valence-corrected chi connectivity index (χ3v) is 5.60. The summed E-state index contributed by atoms with van der Waals surface area (Å²) in [6.45, 7) is 5.58. The van der Waals surface area contributed by atoms with Gasteiger partial charge in [-0.25, -0.2) is 4.39 Å². The molecule has 1 saturated carbocycles. The molecule has 0 amide bonds. The van der Waals surface area contributed by atoms with Crippen LogP contribution in [-0.4, -0.2) is 13.2 Å². The SMILES string of the molecule is CCCCCC1CCC(COc2c(C)cc(OCC)c(F)c2C(F)(F)F)CC1. The molecule has 0 spiro atoms. The molecule has 160 valence electrons. The van der Waals surface area contributed by atoms with Crippen LogP contribution in [0.25, 0.3) is 0 Å². The second kappa shape index (κ2) is 10.4. The second-order valence-corrected chi connectivity index (χ2v) is 7.83. The predicted octanol–water partition coefficient (Wildman–Crippen LogP) is 7.32. The minimum atomic E-state index is -4.84. The summed E-state index contributed by atoms with van der Waals surface area (Å²) in [5.41, 5.74) is -1.12. The fourth-order valence-corrected chi connectivity index (χ4v) is 4.02. The number of alkyl halides is 3. The smallest absolute Gasteiger partial charge is 0.422 e. The number of halogens is 4. The van der Waals surface area contributed by atoms with Gasteiger partial charge in [0.15, 0.2) is 11.6 Å². The molecule has 0 heterocycles. The molecule has 0 atom stereocenters. The number of unbranched alkanes of at least 4 members (excludes halogenated alkanes) is 2. The molecule has 0 aliphatic heterocycles. The second-order valence-electron chi connectivity index (χ2n) is 7.83. The highest BCUT2D eigenvalue weighted by molar-refractivity contribution is 5.49. The molecule has 1 aliphatic carbocycles. The maximum atomic E-state index is 14.4. The number of hydrogen-bond donors (Lipinski definition) is 0. The van der Waals surface area contributed by atoms with Crippen molar-refractivity contribution < 1.29 is 27.0 Å². The summed E-state index contributed by atoms with van der Waals surface area (Å²) in [6.07, 6.45) is 4.22. The Morgan fingerprint density at radius 1 is 1.00 bits per heavy atom. The van der Waals surface area contributed by atoms with Crippen molar-refractivity contribution in [3.63, 3.8) is 0 Å².